The van der Waals surface area contributed by atoms with Crippen molar-refractivity contribution in [2.75, 3.05) is 26.4 Å². The smallest absolute Gasteiger partial charge is 0.0707 e. The first kappa shape index (κ1) is 13.7. The van der Waals surface area contributed by atoms with Gasteiger partial charge in [-0.15, -0.1) is 0 Å². The number of hydrogen-bond acceptors (Lipinski definition) is 3. The van der Waals surface area contributed by atoms with E-state index in [1.807, 2.05) is 20.8 Å². The molecule has 0 spiro atoms. The zero-order chi connectivity index (χ0) is 12.0. The fraction of sp³-hybridized carbons (Fsp3) is 0.846. The lowest BCUT2D eigenvalue weighted by molar-refractivity contribution is -0.0320. The molecule has 0 amide bonds. The SMILES string of the molecule is C=C(CNC1CC1)COCCOC(C)(C)C. The Bertz CT molecular complexity index is 216. The molecule has 0 atom stereocenters. The topological polar surface area (TPSA) is 30.5 Å². The highest BCUT2D eigenvalue weighted by molar-refractivity contribution is 4.99. The quantitative estimate of drug-likeness (QED) is 0.509. The molecule has 0 unspecified atom stereocenters. The molecule has 1 aliphatic rings. The highest BCUT2D eigenvalue weighted by atomic mass is 16.5. The summed E-state index contributed by atoms with van der Waals surface area (Å²) in [7, 11) is 0. The fourth-order valence-electron chi connectivity index (χ4n) is 1.25. The van der Waals surface area contributed by atoms with E-state index in [0.717, 1.165) is 18.2 Å². The van der Waals surface area contributed by atoms with Crippen LogP contribution in [0.2, 0.25) is 0 Å². The number of rotatable bonds is 8. The van der Waals surface area contributed by atoms with E-state index in [2.05, 4.69) is 11.9 Å². The number of hydrogen-bond donors (Lipinski definition) is 1. The molecule has 1 aliphatic carbocycles. The molecule has 1 saturated carbocycles. The molecule has 1 N–H and O–H groups in total. The maximum absolute atomic E-state index is 5.55. The Balaban J connectivity index is 1.87. The Morgan fingerprint density at radius 3 is 2.56 bits per heavy atom. The standard InChI is InChI=1S/C13H25NO2/c1-11(9-14-12-5-6-12)10-15-7-8-16-13(2,3)4/h12,14H,1,5-10H2,2-4H3. The molecular formula is C13H25NO2. The number of nitrogens with one attached hydrogen (secondary N) is 1. The number of ether oxygens (including phenoxy) is 2. The van der Waals surface area contributed by atoms with Crippen LogP contribution in [0.4, 0.5) is 0 Å². The highest BCUT2D eigenvalue weighted by Gasteiger charge is 2.19. The predicted molar refractivity (Wildman–Crippen MR) is 66.7 cm³/mol. The minimum atomic E-state index is -0.0755. The molecule has 0 aromatic rings. The minimum absolute atomic E-state index is 0.0755. The Hall–Kier alpha value is -0.380. The van der Waals surface area contributed by atoms with Gasteiger partial charge < -0.3 is 14.8 Å². The highest BCUT2D eigenvalue weighted by Crippen LogP contribution is 2.18. The van der Waals surface area contributed by atoms with Crippen LogP contribution in [0.5, 0.6) is 0 Å². The zero-order valence-electron chi connectivity index (χ0n) is 10.8. The molecule has 0 bridgehead atoms. The molecule has 94 valence electrons. The second-order valence-electron chi connectivity index (χ2n) is 5.42. The third kappa shape index (κ3) is 7.85. The van der Waals surface area contributed by atoms with Gasteiger partial charge in [0.05, 0.1) is 25.4 Å². The second-order valence-corrected chi connectivity index (χ2v) is 5.42. The van der Waals surface area contributed by atoms with Crippen molar-refractivity contribution in [3.8, 4) is 0 Å². The Morgan fingerprint density at radius 2 is 2.00 bits per heavy atom. The molecule has 3 nitrogen and oxygen atoms in total. The summed E-state index contributed by atoms with van der Waals surface area (Å²) in [5.41, 5.74) is 1.04. The minimum Gasteiger partial charge on any atom is -0.375 e. The monoisotopic (exact) mass is 227 g/mol. The lowest BCUT2D eigenvalue weighted by Gasteiger charge is -2.19. The molecule has 0 radical (unpaired) electrons. The van der Waals surface area contributed by atoms with Crippen molar-refractivity contribution in [3.63, 3.8) is 0 Å². The lowest BCUT2D eigenvalue weighted by Crippen LogP contribution is -2.23. The molecule has 0 saturated heterocycles. The molecule has 0 aromatic heterocycles. The molecule has 0 aromatic carbocycles. The first-order chi connectivity index (χ1) is 7.47. The average molecular weight is 227 g/mol. The third-order valence-corrected chi connectivity index (χ3v) is 2.29. The van der Waals surface area contributed by atoms with Gasteiger partial charge in [0, 0.05) is 12.6 Å². The van der Waals surface area contributed by atoms with E-state index in [9.17, 15) is 0 Å². The van der Waals surface area contributed by atoms with Crippen LogP contribution in [-0.2, 0) is 9.47 Å². The van der Waals surface area contributed by atoms with Gasteiger partial charge in [-0.05, 0) is 39.2 Å². The van der Waals surface area contributed by atoms with Gasteiger partial charge in [0.2, 0.25) is 0 Å². The summed E-state index contributed by atoms with van der Waals surface area (Å²) in [6.45, 7) is 12.9. The van der Waals surface area contributed by atoms with Gasteiger partial charge in [-0.25, -0.2) is 0 Å². The Morgan fingerprint density at radius 1 is 1.31 bits per heavy atom. The molecule has 16 heavy (non-hydrogen) atoms. The third-order valence-electron chi connectivity index (χ3n) is 2.29. The van der Waals surface area contributed by atoms with E-state index >= 15 is 0 Å². The average Bonchev–Trinajstić information content (AvgIpc) is 2.95. The first-order valence-corrected chi connectivity index (χ1v) is 6.09. The van der Waals surface area contributed by atoms with Crippen LogP contribution in [0.1, 0.15) is 33.6 Å². The van der Waals surface area contributed by atoms with Crippen molar-refractivity contribution in [2.24, 2.45) is 0 Å². The van der Waals surface area contributed by atoms with Crippen LogP contribution >= 0.6 is 0 Å². The van der Waals surface area contributed by atoms with Crippen molar-refractivity contribution < 1.29 is 9.47 Å². The van der Waals surface area contributed by atoms with E-state index in [1.54, 1.807) is 0 Å². The maximum Gasteiger partial charge on any atom is 0.0707 e. The van der Waals surface area contributed by atoms with Crippen LogP contribution in [0.3, 0.4) is 0 Å². The Labute approximate surface area is 99.2 Å². The lowest BCUT2D eigenvalue weighted by atomic mass is 10.2. The fourth-order valence-corrected chi connectivity index (χ4v) is 1.25. The summed E-state index contributed by atoms with van der Waals surface area (Å²) in [6.07, 6.45) is 2.63. The van der Waals surface area contributed by atoms with Crippen LogP contribution in [0.25, 0.3) is 0 Å². The van der Waals surface area contributed by atoms with Crippen molar-refractivity contribution >= 4 is 0 Å². The summed E-state index contributed by atoms with van der Waals surface area (Å²) < 4.78 is 11.0. The maximum atomic E-state index is 5.55. The summed E-state index contributed by atoms with van der Waals surface area (Å²) in [5, 5.41) is 3.41. The summed E-state index contributed by atoms with van der Waals surface area (Å²) >= 11 is 0. The summed E-state index contributed by atoms with van der Waals surface area (Å²) in [4.78, 5) is 0. The van der Waals surface area contributed by atoms with E-state index in [4.69, 9.17) is 9.47 Å². The van der Waals surface area contributed by atoms with Gasteiger partial charge in [-0.2, -0.15) is 0 Å². The normalized spacial score (nSPS) is 16.4. The van der Waals surface area contributed by atoms with Crippen molar-refractivity contribution in [2.45, 2.75) is 45.3 Å². The molecule has 0 heterocycles. The van der Waals surface area contributed by atoms with E-state index < -0.39 is 0 Å². The van der Waals surface area contributed by atoms with Crippen LogP contribution in [-0.4, -0.2) is 38.0 Å². The van der Waals surface area contributed by atoms with E-state index in [0.29, 0.717) is 19.8 Å². The van der Waals surface area contributed by atoms with Gasteiger partial charge in [-0.3, -0.25) is 0 Å². The molecule has 1 fully saturated rings. The van der Waals surface area contributed by atoms with Gasteiger partial charge >= 0.3 is 0 Å². The molecular weight excluding hydrogens is 202 g/mol. The largest absolute Gasteiger partial charge is 0.375 e. The summed E-state index contributed by atoms with van der Waals surface area (Å²) in [5.74, 6) is 0. The predicted octanol–water partition coefficient (Wildman–Crippen LogP) is 2.13. The van der Waals surface area contributed by atoms with Crippen molar-refractivity contribution in [1.82, 2.24) is 5.32 Å². The second kappa shape index (κ2) is 6.38. The van der Waals surface area contributed by atoms with Gasteiger partial charge in [0.15, 0.2) is 0 Å². The van der Waals surface area contributed by atoms with E-state index in [-0.39, 0.29) is 5.60 Å². The van der Waals surface area contributed by atoms with Crippen LogP contribution in [0.15, 0.2) is 12.2 Å². The molecule has 0 aliphatic heterocycles. The first-order valence-electron chi connectivity index (χ1n) is 6.09. The van der Waals surface area contributed by atoms with Gasteiger partial charge in [0.1, 0.15) is 0 Å². The van der Waals surface area contributed by atoms with Crippen molar-refractivity contribution in [3.05, 3.63) is 12.2 Å². The van der Waals surface area contributed by atoms with Gasteiger partial charge in [-0.1, -0.05) is 6.58 Å². The van der Waals surface area contributed by atoms with Crippen molar-refractivity contribution in [1.29, 1.82) is 0 Å². The molecule has 1 rings (SSSR count). The van der Waals surface area contributed by atoms with E-state index in [1.165, 1.54) is 12.8 Å². The van der Waals surface area contributed by atoms with Crippen LogP contribution < -0.4 is 5.32 Å². The van der Waals surface area contributed by atoms with Gasteiger partial charge in [0.25, 0.3) is 0 Å². The zero-order valence-corrected chi connectivity index (χ0v) is 10.8. The molecule has 3 heteroatoms. The summed E-state index contributed by atoms with van der Waals surface area (Å²) in [6, 6.07) is 0.737. The van der Waals surface area contributed by atoms with Crippen LogP contribution in [0, 0.1) is 0 Å². The Kier molecular flexibility index (Phi) is 5.46.